The first kappa shape index (κ1) is 19.9. The molecule has 0 aliphatic rings. The maximum absolute atomic E-state index is 12.4. The molecule has 1 amide bonds. The van der Waals surface area contributed by atoms with Gasteiger partial charge in [0.05, 0.1) is 18.3 Å². The van der Waals surface area contributed by atoms with Crippen molar-refractivity contribution >= 4 is 39.2 Å². The van der Waals surface area contributed by atoms with Gasteiger partial charge in [0.1, 0.15) is 5.75 Å². The van der Waals surface area contributed by atoms with Gasteiger partial charge >= 0.3 is 0 Å². The zero-order valence-electron chi connectivity index (χ0n) is 13.6. The second-order valence-corrected chi connectivity index (χ2v) is 7.01. The first-order chi connectivity index (χ1) is 10.8. The Morgan fingerprint density at radius 2 is 2.09 bits per heavy atom. The molecule has 23 heavy (non-hydrogen) atoms. The smallest absolute Gasteiger partial charge is 0.261 e. The van der Waals surface area contributed by atoms with Crippen LogP contribution in [0.4, 0.5) is 0 Å². The van der Waals surface area contributed by atoms with Crippen LogP contribution in [0.15, 0.2) is 22.7 Å². The number of rotatable bonds is 7. The van der Waals surface area contributed by atoms with Gasteiger partial charge in [-0.1, -0.05) is 29.8 Å². The Labute approximate surface area is 150 Å². The van der Waals surface area contributed by atoms with Crippen molar-refractivity contribution in [1.29, 1.82) is 0 Å². The number of carbonyl (C=O) groups excluding carboxylic acids is 1. The summed E-state index contributed by atoms with van der Waals surface area (Å²) in [6, 6.07) is 5.27. The number of hydrogen-bond donors (Lipinski definition) is 3. The van der Waals surface area contributed by atoms with Gasteiger partial charge in [0.15, 0.2) is 5.11 Å². The third-order valence-corrected chi connectivity index (χ3v) is 3.66. The van der Waals surface area contributed by atoms with Crippen LogP contribution < -0.4 is 15.4 Å². The molecule has 0 aromatic heterocycles. The van der Waals surface area contributed by atoms with Crippen molar-refractivity contribution < 1.29 is 14.6 Å². The van der Waals surface area contributed by atoms with E-state index in [0.717, 1.165) is 10.9 Å². The summed E-state index contributed by atoms with van der Waals surface area (Å²) < 4.78 is 6.50. The number of nitrogens with one attached hydrogen (secondary N) is 2. The summed E-state index contributed by atoms with van der Waals surface area (Å²) in [5.74, 6) is 0.693. The Kier molecular flexibility index (Phi) is 8.51. The number of amides is 1. The number of benzene rings is 1. The molecule has 0 bridgehead atoms. The normalized spacial score (nSPS) is 11.9. The highest BCUT2D eigenvalue weighted by Gasteiger charge is 2.15. The van der Waals surface area contributed by atoms with E-state index in [9.17, 15) is 9.90 Å². The molecule has 0 saturated heterocycles. The Bertz CT molecular complexity index is 550. The standard InChI is InChI=1S/C16H23BrN2O3S/c1-10(2)6-7-22-14-5-4-12(17)8-13(14)15(21)19-16(23)18-9-11(3)20/h4-5,8,10-11,20H,6-7,9H2,1-3H3,(H2,18,19,21,23). The molecule has 1 aromatic carbocycles. The SMILES string of the molecule is CC(C)CCOc1ccc(Br)cc1C(=O)NC(=S)NCC(C)O. The van der Waals surface area contributed by atoms with Crippen molar-refractivity contribution in [3.63, 3.8) is 0 Å². The van der Waals surface area contributed by atoms with Crippen LogP contribution in [0, 0.1) is 5.92 Å². The van der Waals surface area contributed by atoms with Crippen LogP contribution in [-0.2, 0) is 0 Å². The Morgan fingerprint density at radius 3 is 2.70 bits per heavy atom. The largest absolute Gasteiger partial charge is 0.493 e. The van der Waals surface area contributed by atoms with E-state index in [0.29, 0.717) is 23.8 Å². The lowest BCUT2D eigenvalue weighted by atomic mass is 10.1. The zero-order valence-corrected chi connectivity index (χ0v) is 16.0. The van der Waals surface area contributed by atoms with E-state index in [1.54, 1.807) is 19.1 Å². The van der Waals surface area contributed by atoms with E-state index in [1.807, 2.05) is 6.07 Å². The van der Waals surface area contributed by atoms with Crippen molar-refractivity contribution in [3.05, 3.63) is 28.2 Å². The zero-order chi connectivity index (χ0) is 17.4. The minimum absolute atomic E-state index is 0.170. The van der Waals surface area contributed by atoms with Gasteiger partial charge in [-0.25, -0.2) is 0 Å². The van der Waals surface area contributed by atoms with Crippen molar-refractivity contribution in [3.8, 4) is 5.75 Å². The molecule has 7 heteroatoms. The molecule has 0 heterocycles. The topological polar surface area (TPSA) is 70.6 Å². The molecule has 5 nitrogen and oxygen atoms in total. The lowest BCUT2D eigenvalue weighted by molar-refractivity contribution is 0.0971. The van der Waals surface area contributed by atoms with Crippen molar-refractivity contribution in [2.75, 3.05) is 13.2 Å². The number of halogens is 1. The maximum atomic E-state index is 12.4. The highest BCUT2D eigenvalue weighted by atomic mass is 79.9. The van der Waals surface area contributed by atoms with Gasteiger partial charge in [-0.15, -0.1) is 0 Å². The third-order valence-electron chi connectivity index (χ3n) is 2.92. The molecule has 3 N–H and O–H groups in total. The highest BCUT2D eigenvalue weighted by Crippen LogP contribution is 2.23. The number of thiocarbonyl (C=S) groups is 1. The van der Waals surface area contributed by atoms with E-state index in [4.69, 9.17) is 17.0 Å². The molecule has 0 fully saturated rings. The second kappa shape index (κ2) is 9.85. The lowest BCUT2D eigenvalue weighted by Crippen LogP contribution is -2.41. The van der Waals surface area contributed by atoms with Gasteiger partial charge < -0.3 is 15.2 Å². The molecule has 0 aliphatic heterocycles. The number of carbonyl (C=O) groups is 1. The first-order valence-electron chi connectivity index (χ1n) is 7.49. The summed E-state index contributed by atoms with van der Waals surface area (Å²) in [5, 5.41) is 14.7. The van der Waals surface area contributed by atoms with Crippen molar-refractivity contribution in [2.45, 2.75) is 33.3 Å². The van der Waals surface area contributed by atoms with Gasteiger partial charge in [0.25, 0.3) is 5.91 Å². The lowest BCUT2D eigenvalue weighted by Gasteiger charge is -2.14. The summed E-state index contributed by atoms with van der Waals surface area (Å²) in [4.78, 5) is 12.4. The van der Waals surface area contributed by atoms with Crippen LogP contribution in [0.25, 0.3) is 0 Å². The average molecular weight is 403 g/mol. The Morgan fingerprint density at radius 1 is 1.39 bits per heavy atom. The predicted octanol–water partition coefficient (Wildman–Crippen LogP) is 2.86. The third kappa shape index (κ3) is 7.76. The molecule has 1 unspecified atom stereocenters. The fraction of sp³-hybridized carbons (Fsp3) is 0.500. The minimum Gasteiger partial charge on any atom is -0.493 e. The molecule has 1 atom stereocenters. The molecule has 0 saturated carbocycles. The Hall–Kier alpha value is -1.18. The first-order valence-corrected chi connectivity index (χ1v) is 8.69. The van der Waals surface area contributed by atoms with Crippen LogP contribution in [0.5, 0.6) is 5.75 Å². The molecular formula is C16H23BrN2O3S. The minimum atomic E-state index is -0.550. The number of aliphatic hydroxyl groups is 1. The maximum Gasteiger partial charge on any atom is 0.261 e. The van der Waals surface area contributed by atoms with Gasteiger partial charge in [0.2, 0.25) is 0 Å². The molecule has 1 rings (SSSR count). The molecular weight excluding hydrogens is 380 g/mol. The molecule has 1 aromatic rings. The van der Waals surface area contributed by atoms with Crippen LogP contribution in [-0.4, -0.2) is 35.4 Å². The monoisotopic (exact) mass is 402 g/mol. The van der Waals surface area contributed by atoms with Crippen molar-refractivity contribution in [1.82, 2.24) is 10.6 Å². The van der Waals surface area contributed by atoms with E-state index >= 15 is 0 Å². The van der Waals surface area contributed by atoms with Gasteiger partial charge in [0, 0.05) is 11.0 Å². The van der Waals surface area contributed by atoms with Crippen LogP contribution in [0.3, 0.4) is 0 Å². The number of aliphatic hydroxyl groups excluding tert-OH is 1. The second-order valence-electron chi connectivity index (χ2n) is 5.68. The number of hydrogen-bond acceptors (Lipinski definition) is 4. The summed E-state index contributed by atoms with van der Waals surface area (Å²) >= 11 is 8.39. The molecule has 0 spiro atoms. The summed E-state index contributed by atoms with van der Waals surface area (Å²) in [6.45, 7) is 6.68. The quantitative estimate of drug-likeness (QED) is 0.611. The summed E-state index contributed by atoms with van der Waals surface area (Å²) in [5.41, 5.74) is 0.407. The molecule has 0 aliphatic carbocycles. The fourth-order valence-electron chi connectivity index (χ4n) is 1.67. The predicted molar refractivity (Wildman–Crippen MR) is 98.8 cm³/mol. The fourth-order valence-corrected chi connectivity index (χ4v) is 2.20. The van der Waals surface area contributed by atoms with E-state index in [-0.39, 0.29) is 17.6 Å². The highest BCUT2D eigenvalue weighted by molar-refractivity contribution is 9.10. The van der Waals surface area contributed by atoms with E-state index in [1.165, 1.54) is 0 Å². The molecule has 128 valence electrons. The van der Waals surface area contributed by atoms with Gasteiger partial charge in [-0.05, 0) is 49.7 Å². The van der Waals surface area contributed by atoms with Crippen LogP contribution >= 0.6 is 28.1 Å². The summed E-state index contributed by atoms with van der Waals surface area (Å²) in [6.07, 6.45) is 0.358. The van der Waals surface area contributed by atoms with Gasteiger partial charge in [-0.2, -0.15) is 0 Å². The summed E-state index contributed by atoms with van der Waals surface area (Å²) in [7, 11) is 0. The number of ether oxygens (including phenoxy) is 1. The van der Waals surface area contributed by atoms with Gasteiger partial charge in [-0.3, -0.25) is 10.1 Å². The van der Waals surface area contributed by atoms with Crippen LogP contribution in [0.1, 0.15) is 37.6 Å². The average Bonchev–Trinajstić information content (AvgIpc) is 2.46. The van der Waals surface area contributed by atoms with Crippen LogP contribution in [0.2, 0.25) is 0 Å². The van der Waals surface area contributed by atoms with E-state index < -0.39 is 6.10 Å². The van der Waals surface area contributed by atoms with Crippen molar-refractivity contribution in [2.24, 2.45) is 5.92 Å². The Balaban J connectivity index is 2.73. The molecule has 0 radical (unpaired) electrons. The van der Waals surface area contributed by atoms with E-state index in [2.05, 4.69) is 40.4 Å².